The van der Waals surface area contributed by atoms with Gasteiger partial charge in [0.15, 0.2) is 0 Å². The molecular formula is C19H20FN3OS. The van der Waals surface area contributed by atoms with Gasteiger partial charge in [-0.05, 0) is 50.7 Å². The number of amides is 1. The fraction of sp³-hybridized carbons (Fsp3) is 0.263. The number of benzene rings is 2. The van der Waals surface area contributed by atoms with Crippen molar-refractivity contribution in [3.63, 3.8) is 0 Å². The Labute approximate surface area is 150 Å². The number of rotatable bonds is 5. The molecule has 1 atom stereocenters. The number of aryl methyl sites for hydroxylation is 1. The number of anilines is 1. The van der Waals surface area contributed by atoms with E-state index in [0.717, 1.165) is 15.2 Å². The molecule has 1 N–H and O–H groups in total. The fourth-order valence-corrected chi connectivity index (χ4v) is 3.58. The molecule has 0 unspecified atom stereocenters. The van der Waals surface area contributed by atoms with Crippen LogP contribution in [-0.4, -0.2) is 29.4 Å². The summed E-state index contributed by atoms with van der Waals surface area (Å²) in [4.78, 5) is 18.8. The molecule has 130 valence electrons. The van der Waals surface area contributed by atoms with Crippen LogP contribution in [0.15, 0.2) is 42.5 Å². The quantitative estimate of drug-likeness (QED) is 0.737. The number of hydrogen-bond acceptors (Lipinski definition) is 4. The number of thiazole rings is 1. The second-order valence-corrected chi connectivity index (χ2v) is 7.19. The standard InChI is InChI=1S/C19H20FN3OS/c1-12-8-9-14(10-15(12)20)21-18(24)11-23(3)13(2)19-22-16-6-4-5-7-17(16)25-19/h4-10,13H,11H2,1-3H3,(H,21,24)/t13-/m1/s1. The zero-order valence-corrected chi connectivity index (χ0v) is 15.2. The number of carbonyl (C=O) groups is 1. The maximum absolute atomic E-state index is 13.6. The number of carbonyl (C=O) groups excluding carboxylic acids is 1. The van der Waals surface area contributed by atoms with E-state index >= 15 is 0 Å². The van der Waals surface area contributed by atoms with Crippen LogP contribution >= 0.6 is 11.3 Å². The van der Waals surface area contributed by atoms with Gasteiger partial charge in [0.2, 0.25) is 5.91 Å². The lowest BCUT2D eigenvalue weighted by atomic mass is 10.2. The van der Waals surface area contributed by atoms with Crippen LogP contribution in [0.5, 0.6) is 0 Å². The summed E-state index contributed by atoms with van der Waals surface area (Å²) in [5, 5.41) is 3.71. The number of fused-ring (bicyclic) bond motifs is 1. The maximum atomic E-state index is 13.6. The Morgan fingerprint density at radius 3 is 2.80 bits per heavy atom. The minimum absolute atomic E-state index is 0.0119. The van der Waals surface area contributed by atoms with Crippen LogP contribution < -0.4 is 5.32 Å². The first-order valence-electron chi connectivity index (χ1n) is 8.06. The van der Waals surface area contributed by atoms with Gasteiger partial charge in [0.25, 0.3) is 0 Å². The number of likely N-dealkylation sites (N-methyl/N-ethyl adjacent to an activating group) is 1. The predicted molar refractivity (Wildman–Crippen MR) is 100 cm³/mol. The van der Waals surface area contributed by atoms with E-state index in [4.69, 9.17) is 0 Å². The Bertz CT molecular complexity index is 876. The molecule has 0 bridgehead atoms. The number of hydrogen-bond donors (Lipinski definition) is 1. The molecule has 0 aliphatic carbocycles. The Morgan fingerprint density at radius 2 is 2.08 bits per heavy atom. The molecule has 0 aliphatic rings. The largest absolute Gasteiger partial charge is 0.325 e. The summed E-state index contributed by atoms with van der Waals surface area (Å²) >= 11 is 1.63. The second kappa shape index (κ2) is 7.29. The highest BCUT2D eigenvalue weighted by Crippen LogP contribution is 2.28. The third kappa shape index (κ3) is 4.03. The first-order chi connectivity index (χ1) is 11.9. The van der Waals surface area contributed by atoms with Crippen molar-refractivity contribution in [2.75, 3.05) is 18.9 Å². The molecule has 0 saturated heterocycles. The molecule has 6 heteroatoms. The van der Waals surface area contributed by atoms with Gasteiger partial charge in [0.1, 0.15) is 10.8 Å². The Balaban J connectivity index is 1.64. The Hall–Kier alpha value is -2.31. The minimum Gasteiger partial charge on any atom is -0.325 e. The van der Waals surface area contributed by atoms with Crippen LogP contribution in [0.1, 0.15) is 23.5 Å². The molecule has 25 heavy (non-hydrogen) atoms. The van der Waals surface area contributed by atoms with Crippen molar-refractivity contribution in [1.82, 2.24) is 9.88 Å². The fourth-order valence-electron chi connectivity index (χ4n) is 2.49. The van der Waals surface area contributed by atoms with E-state index in [9.17, 15) is 9.18 Å². The third-order valence-electron chi connectivity index (χ3n) is 4.18. The molecule has 0 radical (unpaired) electrons. The summed E-state index contributed by atoms with van der Waals surface area (Å²) in [5.41, 5.74) is 2.00. The molecule has 0 aliphatic heterocycles. The van der Waals surface area contributed by atoms with Crippen LogP contribution in [0.25, 0.3) is 10.2 Å². The van der Waals surface area contributed by atoms with Gasteiger partial charge in [-0.15, -0.1) is 11.3 Å². The lowest BCUT2D eigenvalue weighted by molar-refractivity contribution is -0.117. The molecule has 3 rings (SSSR count). The van der Waals surface area contributed by atoms with Crippen LogP contribution in [0, 0.1) is 12.7 Å². The highest BCUT2D eigenvalue weighted by molar-refractivity contribution is 7.18. The summed E-state index contributed by atoms with van der Waals surface area (Å²) in [6, 6.07) is 12.7. The molecule has 0 saturated carbocycles. The summed E-state index contributed by atoms with van der Waals surface area (Å²) in [7, 11) is 1.88. The molecule has 4 nitrogen and oxygen atoms in total. The Morgan fingerprint density at radius 1 is 1.32 bits per heavy atom. The average Bonchev–Trinajstić information content (AvgIpc) is 3.01. The molecule has 0 fully saturated rings. The van der Waals surface area contributed by atoms with Crippen molar-refractivity contribution >= 4 is 33.1 Å². The second-order valence-electron chi connectivity index (χ2n) is 6.12. The van der Waals surface area contributed by atoms with E-state index in [0.29, 0.717) is 11.3 Å². The maximum Gasteiger partial charge on any atom is 0.238 e. The van der Waals surface area contributed by atoms with Crippen LogP contribution in [0.2, 0.25) is 0 Å². The van der Waals surface area contributed by atoms with E-state index in [2.05, 4.69) is 10.3 Å². The minimum atomic E-state index is -0.325. The number of halogens is 1. The van der Waals surface area contributed by atoms with Crippen LogP contribution in [0.3, 0.4) is 0 Å². The lowest BCUT2D eigenvalue weighted by Crippen LogP contribution is -2.32. The van der Waals surface area contributed by atoms with Crippen molar-refractivity contribution in [1.29, 1.82) is 0 Å². The van der Waals surface area contributed by atoms with E-state index < -0.39 is 0 Å². The van der Waals surface area contributed by atoms with Crippen molar-refractivity contribution < 1.29 is 9.18 Å². The summed E-state index contributed by atoms with van der Waals surface area (Å²) < 4.78 is 14.7. The third-order valence-corrected chi connectivity index (χ3v) is 5.38. The smallest absolute Gasteiger partial charge is 0.238 e. The first-order valence-corrected chi connectivity index (χ1v) is 8.87. The van der Waals surface area contributed by atoms with Crippen molar-refractivity contribution in [2.24, 2.45) is 0 Å². The zero-order chi connectivity index (χ0) is 18.0. The molecule has 0 spiro atoms. The molecule has 3 aromatic rings. The highest BCUT2D eigenvalue weighted by atomic mass is 32.1. The van der Waals surface area contributed by atoms with Gasteiger partial charge < -0.3 is 5.32 Å². The molecule has 2 aromatic carbocycles. The monoisotopic (exact) mass is 357 g/mol. The summed E-state index contributed by atoms with van der Waals surface area (Å²) in [6.45, 7) is 3.91. The first kappa shape index (κ1) is 17.5. The van der Waals surface area contributed by atoms with E-state index in [1.807, 2.05) is 43.1 Å². The molecular weight excluding hydrogens is 337 g/mol. The van der Waals surface area contributed by atoms with Gasteiger partial charge in [-0.25, -0.2) is 9.37 Å². The lowest BCUT2D eigenvalue weighted by Gasteiger charge is -2.22. The molecule has 1 amide bonds. The van der Waals surface area contributed by atoms with Gasteiger partial charge >= 0.3 is 0 Å². The normalized spacial score (nSPS) is 12.5. The van der Waals surface area contributed by atoms with Gasteiger partial charge in [0, 0.05) is 5.69 Å². The van der Waals surface area contributed by atoms with Gasteiger partial charge in [0.05, 0.1) is 22.8 Å². The Kier molecular flexibility index (Phi) is 5.11. The molecule has 1 heterocycles. The number of aromatic nitrogens is 1. The topological polar surface area (TPSA) is 45.2 Å². The van der Waals surface area contributed by atoms with E-state index in [-0.39, 0.29) is 24.3 Å². The van der Waals surface area contributed by atoms with Crippen molar-refractivity contribution in [3.8, 4) is 0 Å². The van der Waals surface area contributed by atoms with Crippen LogP contribution in [0.4, 0.5) is 10.1 Å². The van der Waals surface area contributed by atoms with Gasteiger partial charge in [-0.3, -0.25) is 9.69 Å². The number of nitrogens with zero attached hydrogens (tertiary/aromatic N) is 2. The predicted octanol–water partition coefficient (Wildman–Crippen LogP) is 4.38. The van der Waals surface area contributed by atoms with Gasteiger partial charge in [-0.1, -0.05) is 18.2 Å². The van der Waals surface area contributed by atoms with Crippen molar-refractivity contribution in [3.05, 3.63) is 58.9 Å². The SMILES string of the molecule is Cc1ccc(NC(=O)CN(C)[C@H](C)c2nc3ccccc3s2)cc1F. The van der Waals surface area contributed by atoms with E-state index in [1.165, 1.54) is 6.07 Å². The van der Waals surface area contributed by atoms with E-state index in [1.54, 1.807) is 30.4 Å². The molecule has 1 aromatic heterocycles. The zero-order valence-electron chi connectivity index (χ0n) is 14.4. The summed E-state index contributed by atoms with van der Waals surface area (Å²) in [6.07, 6.45) is 0. The van der Waals surface area contributed by atoms with Gasteiger partial charge in [-0.2, -0.15) is 0 Å². The van der Waals surface area contributed by atoms with Crippen LogP contribution in [-0.2, 0) is 4.79 Å². The summed E-state index contributed by atoms with van der Waals surface area (Å²) in [5.74, 6) is -0.507. The number of para-hydroxylation sites is 1. The highest BCUT2D eigenvalue weighted by Gasteiger charge is 2.18. The average molecular weight is 357 g/mol. The van der Waals surface area contributed by atoms with Crippen molar-refractivity contribution in [2.45, 2.75) is 19.9 Å². The number of nitrogens with one attached hydrogen (secondary N) is 1.